The highest BCUT2D eigenvalue weighted by Crippen LogP contribution is 2.32. The van der Waals surface area contributed by atoms with E-state index >= 15 is 0 Å². The first-order valence-electron chi connectivity index (χ1n) is 10.9. The number of carbonyl (C=O) groups is 3. The van der Waals surface area contributed by atoms with Gasteiger partial charge in [-0.2, -0.15) is 0 Å². The lowest BCUT2D eigenvalue weighted by molar-refractivity contribution is -0.148. The van der Waals surface area contributed by atoms with E-state index in [1.807, 2.05) is 47.4 Å². The van der Waals surface area contributed by atoms with Crippen molar-refractivity contribution in [1.82, 2.24) is 9.80 Å². The molecule has 8 nitrogen and oxygen atoms in total. The molecule has 1 unspecified atom stereocenters. The first-order chi connectivity index (χ1) is 16.0. The molecule has 0 aliphatic carbocycles. The maximum Gasteiger partial charge on any atom is 0.327 e. The van der Waals surface area contributed by atoms with Crippen LogP contribution in [0.2, 0.25) is 5.02 Å². The number of carbonyl (C=O) groups excluding carboxylic acids is 3. The fourth-order valence-electron chi connectivity index (χ4n) is 4.28. The van der Waals surface area contributed by atoms with Crippen molar-refractivity contribution in [2.24, 2.45) is 0 Å². The number of rotatable bonds is 6. The zero-order chi connectivity index (χ0) is 23.4. The summed E-state index contributed by atoms with van der Waals surface area (Å²) in [6, 6.07) is 13.9. The average molecular weight is 472 g/mol. The van der Waals surface area contributed by atoms with Crippen molar-refractivity contribution in [2.45, 2.75) is 12.5 Å². The van der Waals surface area contributed by atoms with Gasteiger partial charge in [0.1, 0.15) is 11.8 Å². The molecule has 0 saturated carbocycles. The van der Waals surface area contributed by atoms with Crippen LogP contribution >= 0.6 is 11.6 Å². The molecular weight excluding hydrogens is 446 g/mol. The van der Waals surface area contributed by atoms with Gasteiger partial charge in [-0.25, -0.2) is 4.79 Å². The van der Waals surface area contributed by atoms with E-state index < -0.39 is 6.04 Å². The molecule has 33 heavy (non-hydrogen) atoms. The lowest BCUT2D eigenvalue weighted by atomic mass is 10.0. The van der Waals surface area contributed by atoms with E-state index in [1.165, 1.54) is 7.11 Å². The third kappa shape index (κ3) is 4.96. The van der Waals surface area contributed by atoms with E-state index in [2.05, 4.69) is 0 Å². The number of esters is 1. The summed E-state index contributed by atoms with van der Waals surface area (Å²) in [5, 5.41) is 0.502. The van der Waals surface area contributed by atoms with Crippen LogP contribution in [0.5, 0.6) is 5.75 Å². The molecule has 174 valence electrons. The van der Waals surface area contributed by atoms with Crippen LogP contribution in [-0.2, 0) is 19.1 Å². The second kappa shape index (κ2) is 10.2. The molecule has 1 saturated heterocycles. The number of hydrogen-bond donors (Lipinski definition) is 0. The van der Waals surface area contributed by atoms with Crippen molar-refractivity contribution in [2.75, 3.05) is 51.3 Å². The van der Waals surface area contributed by atoms with E-state index in [-0.39, 0.29) is 30.8 Å². The number of amides is 2. The SMILES string of the molecule is COC(=O)C(c1ccccc1Cl)N1CCN(C(=O)CCN2C(=O)COc3ccccc32)CC1. The Morgan fingerprint density at radius 3 is 2.48 bits per heavy atom. The van der Waals surface area contributed by atoms with Gasteiger partial charge in [0.2, 0.25) is 5.91 Å². The molecule has 1 atom stereocenters. The van der Waals surface area contributed by atoms with Gasteiger partial charge < -0.3 is 19.3 Å². The number of ether oxygens (including phenoxy) is 2. The Morgan fingerprint density at radius 2 is 1.76 bits per heavy atom. The zero-order valence-corrected chi connectivity index (χ0v) is 19.2. The summed E-state index contributed by atoms with van der Waals surface area (Å²) in [4.78, 5) is 43.1. The van der Waals surface area contributed by atoms with E-state index in [0.717, 1.165) is 0 Å². The van der Waals surface area contributed by atoms with Gasteiger partial charge in [-0.05, 0) is 23.8 Å². The predicted octanol–water partition coefficient (Wildman–Crippen LogP) is 2.51. The van der Waals surface area contributed by atoms with Crippen molar-refractivity contribution in [3.63, 3.8) is 0 Å². The molecule has 2 aromatic rings. The van der Waals surface area contributed by atoms with Gasteiger partial charge in [0.25, 0.3) is 5.91 Å². The normalized spacial score (nSPS) is 17.2. The molecule has 9 heteroatoms. The Hall–Kier alpha value is -3.10. The largest absolute Gasteiger partial charge is 0.482 e. The van der Waals surface area contributed by atoms with Gasteiger partial charge in [-0.15, -0.1) is 0 Å². The van der Waals surface area contributed by atoms with Gasteiger partial charge in [-0.1, -0.05) is 41.9 Å². The number of methoxy groups -OCH3 is 1. The Kier molecular flexibility index (Phi) is 7.15. The van der Waals surface area contributed by atoms with Gasteiger partial charge >= 0.3 is 5.97 Å². The van der Waals surface area contributed by atoms with Crippen LogP contribution in [0.3, 0.4) is 0 Å². The first kappa shape index (κ1) is 23.1. The quantitative estimate of drug-likeness (QED) is 0.602. The lowest BCUT2D eigenvalue weighted by Crippen LogP contribution is -2.51. The molecule has 0 N–H and O–H groups in total. The van der Waals surface area contributed by atoms with Crippen molar-refractivity contribution in [1.29, 1.82) is 0 Å². The van der Waals surface area contributed by atoms with Crippen LogP contribution in [0, 0.1) is 0 Å². The van der Waals surface area contributed by atoms with Gasteiger partial charge in [0.05, 0.1) is 12.8 Å². The van der Waals surface area contributed by atoms with Gasteiger partial charge in [0.15, 0.2) is 6.61 Å². The predicted molar refractivity (Wildman–Crippen MR) is 123 cm³/mol. The number of piperazine rings is 1. The van der Waals surface area contributed by atoms with Crippen LogP contribution in [-0.4, -0.2) is 74.0 Å². The van der Waals surface area contributed by atoms with Crippen LogP contribution in [0.4, 0.5) is 5.69 Å². The molecule has 2 aliphatic heterocycles. The van der Waals surface area contributed by atoms with Crippen LogP contribution in [0.25, 0.3) is 0 Å². The smallest absolute Gasteiger partial charge is 0.327 e. The summed E-state index contributed by atoms with van der Waals surface area (Å²) >= 11 is 6.34. The second-order valence-corrected chi connectivity index (χ2v) is 8.32. The summed E-state index contributed by atoms with van der Waals surface area (Å²) in [6.45, 7) is 2.24. The minimum Gasteiger partial charge on any atom is -0.482 e. The highest BCUT2D eigenvalue weighted by Gasteiger charge is 2.34. The van der Waals surface area contributed by atoms with E-state index in [0.29, 0.717) is 54.7 Å². The number of anilines is 1. The standard InChI is InChI=1S/C24H26ClN3O5/c1-32-24(31)23(17-6-2-3-7-18(17)25)27-14-12-26(13-15-27)21(29)10-11-28-19-8-4-5-9-20(19)33-16-22(28)30/h2-9,23H,10-16H2,1H3. The number of fused-ring (bicyclic) bond motifs is 1. The molecule has 2 heterocycles. The van der Waals surface area contributed by atoms with Crippen LogP contribution in [0.15, 0.2) is 48.5 Å². The highest BCUT2D eigenvalue weighted by molar-refractivity contribution is 6.31. The molecule has 0 aromatic heterocycles. The minimum atomic E-state index is -0.622. The van der Waals surface area contributed by atoms with Crippen molar-refractivity contribution >= 4 is 35.1 Å². The lowest BCUT2D eigenvalue weighted by Gasteiger charge is -2.38. The summed E-state index contributed by atoms with van der Waals surface area (Å²) in [6.07, 6.45) is 0.213. The van der Waals surface area contributed by atoms with E-state index in [9.17, 15) is 14.4 Å². The Balaban J connectivity index is 1.37. The Bertz CT molecular complexity index is 1040. The monoisotopic (exact) mass is 471 g/mol. The fourth-order valence-corrected chi connectivity index (χ4v) is 4.51. The maximum absolute atomic E-state index is 12.9. The molecule has 1 fully saturated rings. The van der Waals surface area contributed by atoms with E-state index in [1.54, 1.807) is 15.9 Å². The summed E-state index contributed by atoms with van der Waals surface area (Å²) in [5.74, 6) is 0.0738. The Labute approximate surface area is 197 Å². The number of para-hydroxylation sites is 2. The molecular formula is C24H26ClN3O5. The zero-order valence-electron chi connectivity index (χ0n) is 18.4. The van der Waals surface area contributed by atoms with Crippen molar-refractivity contribution < 1.29 is 23.9 Å². The molecule has 0 radical (unpaired) electrons. The van der Waals surface area contributed by atoms with Gasteiger partial charge in [-0.3, -0.25) is 14.5 Å². The first-order valence-corrected chi connectivity index (χ1v) is 11.2. The highest BCUT2D eigenvalue weighted by atomic mass is 35.5. The van der Waals surface area contributed by atoms with Crippen LogP contribution in [0.1, 0.15) is 18.0 Å². The topological polar surface area (TPSA) is 79.4 Å². The molecule has 2 aliphatic rings. The second-order valence-electron chi connectivity index (χ2n) is 7.92. The summed E-state index contributed by atoms with van der Waals surface area (Å²) in [5.41, 5.74) is 1.38. The number of benzene rings is 2. The van der Waals surface area contributed by atoms with Crippen molar-refractivity contribution in [3.8, 4) is 5.75 Å². The summed E-state index contributed by atoms with van der Waals surface area (Å²) in [7, 11) is 1.36. The fraction of sp³-hybridized carbons (Fsp3) is 0.375. The summed E-state index contributed by atoms with van der Waals surface area (Å²) < 4.78 is 10.5. The maximum atomic E-state index is 12.9. The molecule has 0 spiro atoms. The molecule has 2 aromatic carbocycles. The van der Waals surface area contributed by atoms with Crippen LogP contribution < -0.4 is 9.64 Å². The average Bonchev–Trinajstić information content (AvgIpc) is 2.85. The van der Waals surface area contributed by atoms with Crippen molar-refractivity contribution in [3.05, 3.63) is 59.1 Å². The molecule has 2 amide bonds. The Morgan fingerprint density at radius 1 is 1.06 bits per heavy atom. The minimum absolute atomic E-state index is 0.0269. The third-order valence-corrected chi connectivity index (χ3v) is 6.36. The molecule has 4 rings (SSSR count). The number of halogens is 1. The number of nitrogens with zero attached hydrogens (tertiary/aromatic N) is 3. The number of hydrogen-bond acceptors (Lipinski definition) is 6. The van der Waals surface area contributed by atoms with E-state index in [4.69, 9.17) is 21.1 Å². The molecule has 0 bridgehead atoms. The van der Waals surface area contributed by atoms with Gasteiger partial charge in [0, 0.05) is 44.2 Å². The third-order valence-electron chi connectivity index (χ3n) is 6.01.